The highest BCUT2D eigenvalue weighted by Gasteiger charge is 2.01. The van der Waals surface area contributed by atoms with Gasteiger partial charge in [0.1, 0.15) is 12.4 Å². The van der Waals surface area contributed by atoms with Crippen LogP contribution in [0.5, 0.6) is 0 Å². The molecule has 2 N–H and O–H groups in total. The number of hydrogen-bond donors (Lipinski definition) is 2. The van der Waals surface area contributed by atoms with Crippen molar-refractivity contribution in [2.75, 3.05) is 5.32 Å². The van der Waals surface area contributed by atoms with E-state index in [1.807, 2.05) is 19.1 Å². The third-order valence-corrected chi connectivity index (χ3v) is 2.49. The first kappa shape index (κ1) is 11.5. The molecule has 0 aliphatic heterocycles. The maximum Gasteiger partial charge on any atom is 0.156 e. The van der Waals surface area contributed by atoms with Crippen molar-refractivity contribution in [3.63, 3.8) is 0 Å². The van der Waals surface area contributed by atoms with Crippen LogP contribution in [0.15, 0.2) is 30.5 Å². The summed E-state index contributed by atoms with van der Waals surface area (Å²) < 4.78 is 0. The zero-order valence-electron chi connectivity index (χ0n) is 9.94. The molecule has 88 valence electrons. The van der Waals surface area contributed by atoms with Gasteiger partial charge in [-0.25, -0.2) is 9.97 Å². The summed E-state index contributed by atoms with van der Waals surface area (Å²) >= 11 is 0. The summed E-state index contributed by atoms with van der Waals surface area (Å²) in [6.45, 7) is 3.96. The Bertz CT molecular complexity index is 526. The molecule has 17 heavy (non-hydrogen) atoms. The van der Waals surface area contributed by atoms with Crippen LogP contribution in [0.3, 0.4) is 0 Å². The molecule has 0 amide bonds. The van der Waals surface area contributed by atoms with E-state index in [2.05, 4.69) is 28.3 Å². The lowest BCUT2D eigenvalue weighted by atomic mass is 10.1. The minimum Gasteiger partial charge on any atom is -0.388 e. The molecular formula is C13H15N3O. The molecule has 4 heteroatoms. The van der Waals surface area contributed by atoms with Crippen LogP contribution in [0, 0.1) is 13.8 Å². The summed E-state index contributed by atoms with van der Waals surface area (Å²) in [5.41, 5.74) is 3.40. The molecule has 0 saturated carbocycles. The third-order valence-electron chi connectivity index (χ3n) is 2.49. The molecule has 1 aromatic heterocycles. The predicted molar refractivity (Wildman–Crippen MR) is 67.2 cm³/mol. The topological polar surface area (TPSA) is 58.0 Å². The second-order valence-corrected chi connectivity index (χ2v) is 3.96. The molecule has 2 rings (SSSR count). The van der Waals surface area contributed by atoms with Gasteiger partial charge in [0.2, 0.25) is 0 Å². The average molecular weight is 229 g/mol. The number of aryl methyl sites for hydroxylation is 2. The van der Waals surface area contributed by atoms with Crippen LogP contribution in [-0.4, -0.2) is 15.1 Å². The first-order valence-corrected chi connectivity index (χ1v) is 5.46. The van der Waals surface area contributed by atoms with E-state index in [1.165, 1.54) is 5.56 Å². The van der Waals surface area contributed by atoms with Crippen LogP contribution in [0.4, 0.5) is 11.5 Å². The van der Waals surface area contributed by atoms with E-state index >= 15 is 0 Å². The Morgan fingerprint density at radius 3 is 2.76 bits per heavy atom. The molecule has 0 bridgehead atoms. The number of nitrogens with zero attached hydrogens (tertiary/aromatic N) is 2. The van der Waals surface area contributed by atoms with Crippen LogP contribution in [0.25, 0.3) is 0 Å². The van der Waals surface area contributed by atoms with Gasteiger partial charge >= 0.3 is 0 Å². The summed E-state index contributed by atoms with van der Waals surface area (Å²) in [5, 5.41) is 12.2. The Morgan fingerprint density at radius 2 is 2.06 bits per heavy atom. The van der Waals surface area contributed by atoms with E-state index in [4.69, 9.17) is 5.11 Å². The highest BCUT2D eigenvalue weighted by atomic mass is 16.3. The lowest BCUT2D eigenvalue weighted by molar-refractivity contribution is 0.271. The van der Waals surface area contributed by atoms with Crippen LogP contribution in [0.1, 0.15) is 17.0 Å². The van der Waals surface area contributed by atoms with E-state index < -0.39 is 0 Å². The van der Waals surface area contributed by atoms with Crippen LogP contribution >= 0.6 is 0 Å². The van der Waals surface area contributed by atoms with Crippen LogP contribution < -0.4 is 5.32 Å². The van der Waals surface area contributed by atoms with Gasteiger partial charge in [-0.15, -0.1) is 0 Å². The number of nitrogens with one attached hydrogen (secondary N) is 1. The standard InChI is InChI=1S/C13H15N3O/c1-9-3-4-11(10(2)7-9)15-12-5-6-14-13(8-17)16-12/h3-7,17H,8H2,1-2H3,(H,14,15,16). The summed E-state index contributed by atoms with van der Waals surface area (Å²) in [7, 11) is 0. The van der Waals surface area contributed by atoms with Gasteiger partial charge in [0.25, 0.3) is 0 Å². The smallest absolute Gasteiger partial charge is 0.156 e. The molecule has 0 aliphatic carbocycles. The summed E-state index contributed by atoms with van der Waals surface area (Å²) in [5.74, 6) is 1.11. The van der Waals surface area contributed by atoms with Gasteiger partial charge in [0.15, 0.2) is 5.82 Å². The average Bonchev–Trinajstić information content (AvgIpc) is 2.33. The fraction of sp³-hybridized carbons (Fsp3) is 0.231. The predicted octanol–water partition coefficient (Wildman–Crippen LogP) is 2.33. The monoisotopic (exact) mass is 229 g/mol. The van der Waals surface area contributed by atoms with Crippen LogP contribution in [0.2, 0.25) is 0 Å². The molecule has 0 fully saturated rings. The van der Waals surface area contributed by atoms with Gasteiger partial charge in [-0.05, 0) is 31.5 Å². The zero-order valence-corrected chi connectivity index (χ0v) is 9.94. The highest BCUT2D eigenvalue weighted by Crippen LogP contribution is 2.19. The highest BCUT2D eigenvalue weighted by molar-refractivity contribution is 5.60. The minimum absolute atomic E-state index is 0.150. The summed E-state index contributed by atoms with van der Waals surface area (Å²) in [6, 6.07) is 7.95. The molecule has 0 saturated heterocycles. The van der Waals surface area contributed by atoms with Gasteiger partial charge in [-0.2, -0.15) is 0 Å². The Hall–Kier alpha value is -1.94. The lowest BCUT2D eigenvalue weighted by Gasteiger charge is -2.09. The number of rotatable bonds is 3. The normalized spacial score (nSPS) is 10.3. The summed E-state index contributed by atoms with van der Waals surface area (Å²) in [4.78, 5) is 8.11. The van der Waals surface area contributed by atoms with E-state index in [1.54, 1.807) is 12.3 Å². The maximum absolute atomic E-state index is 8.97. The van der Waals surface area contributed by atoms with Crippen molar-refractivity contribution in [2.45, 2.75) is 20.5 Å². The van der Waals surface area contributed by atoms with E-state index in [-0.39, 0.29) is 6.61 Å². The van der Waals surface area contributed by atoms with E-state index in [0.717, 1.165) is 11.3 Å². The number of hydrogen-bond acceptors (Lipinski definition) is 4. The molecule has 1 aromatic carbocycles. The Morgan fingerprint density at radius 1 is 1.24 bits per heavy atom. The molecule has 2 aromatic rings. The SMILES string of the molecule is Cc1ccc(Nc2ccnc(CO)n2)c(C)c1. The van der Waals surface area contributed by atoms with E-state index in [0.29, 0.717) is 11.6 Å². The molecule has 0 spiro atoms. The largest absolute Gasteiger partial charge is 0.388 e. The molecule has 0 atom stereocenters. The fourth-order valence-electron chi connectivity index (χ4n) is 1.64. The second-order valence-electron chi connectivity index (χ2n) is 3.96. The van der Waals surface area contributed by atoms with Gasteiger partial charge in [-0.3, -0.25) is 0 Å². The second kappa shape index (κ2) is 4.93. The third kappa shape index (κ3) is 2.79. The van der Waals surface area contributed by atoms with E-state index in [9.17, 15) is 0 Å². The first-order chi connectivity index (χ1) is 8.19. The molecule has 0 aliphatic rings. The maximum atomic E-state index is 8.97. The number of benzene rings is 1. The number of anilines is 2. The number of aliphatic hydroxyl groups is 1. The molecule has 0 radical (unpaired) electrons. The van der Waals surface area contributed by atoms with Crippen LogP contribution in [-0.2, 0) is 6.61 Å². The number of aliphatic hydroxyl groups excluding tert-OH is 1. The Balaban J connectivity index is 2.25. The molecular weight excluding hydrogens is 214 g/mol. The van der Waals surface area contributed by atoms with Crippen molar-refractivity contribution in [2.24, 2.45) is 0 Å². The minimum atomic E-state index is -0.150. The van der Waals surface area contributed by atoms with Crippen molar-refractivity contribution in [3.05, 3.63) is 47.4 Å². The fourth-order valence-corrected chi connectivity index (χ4v) is 1.64. The van der Waals surface area contributed by atoms with Gasteiger partial charge in [-0.1, -0.05) is 17.7 Å². The zero-order chi connectivity index (χ0) is 12.3. The quantitative estimate of drug-likeness (QED) is 0.848. The Kier molecular flexibility index (Phi) is 3.35. The molecule has 1 heterocycles. The van der Waals surface area contributed by atoms with Gasteiger partial charge in [0.05, 0.1) is 0 Å². The lowest BCUT2D eigenvalue weighted by Crippen LogP contribution is -2.00. The molecule has 0 unspecified atom stereocenters. The van der Waals surface area contributed by atoms with Crippen molar-refractivity contribution in [3.8, 4) is 0 Å². The first-order valence-electron chi connectivity index (χ1n) is 5.46. The summed E-state index contributed by atoms with van der Waals surface area (Å²) in [6.07, 6.45) is 1.63. The Labute approximate surface area is 100 Å². The number of aromatic nitrogens is 2. The van der Waals surface area contributed by atoms with Crippen molar-refractivity contribution in [1.29, 1.82) is 0 Å². The van der Waals surface area contributed by atoms with Gasteiger partial charge in [0, 0.05) is 11.9 Å². The van der Waals surface area contributed by atoms with Crippen molar-refractivity contribution < 1.29 is 5.11 Å². The van der Waals surface area contributed by atoms with Crippen molar-refractivity contribution in [1.82, 2.24) is 9.97 Å². The molecule has 4 nitrogen and oxygen atoms in total. The van der Waals surface area contributed by atoms with Crippen molar-refractivity contribution >= 4 is 11.5 Å². The van der Waals surface area contributed by atoms with Gasteiger partial charge < -0.3 is 10.4 Å².